The minimum Gasteiger partial charge on any atom is -0.460 e. The maximum absolute atomic E-state index is 13.1. The number of hydrogen-bond acceptors (Lipinski definition) is 3. The van der Waals surface area contributed by atoms with E-state index in [2.05, 4.69) is 42.8 Å². The molecule has 5 heteroatoms. The average molecular weight is 430 g/mol. The Hall–Kier alpha value is -2.14. The molecule has 0 aliphatic carbocycles. The quantitative estimate of drug-likeness (QED) is 0.525. The summed E-state index contributed by atoms with van der Waals surface area (Å²) in [6.45, 7) is 7.30. The smallest absolute Gasteiger partial charge is 0.316 e. The van der Waals surface area contributed by atoms with E-state index >= 15 is 0 Å². The Bertz CT molecular complexity index is 870. The number of amides is 1. The summed E-state index contributed by atoms with van der Waals surface area (Å²) in [5, 5.41) is 0.154. The molecule has 0 unspecified atom stereocenters. The third-order valence-corrected chi connectivity index (χ3v) is 5.29. The second-order valence-electron chi connectivity index (χ2n) is 7.75. The lowest BCUT2D eigenvalue weighted by atomic mass is 9.84. The monoisotopic (exact) mass is 429 g/mol. The van der Waals surface area contributed by atoms with E-state index in [0.29, 0.717) is 6.54 Å². The molecule has 4 nitrogen and oxygen atoms in total. The highest BCUT2D eigenvalue weighted by atomic mass is 79.9. The number of rotatable bonds is 4. The van der Waals surface area contributed by atoms with Gasteiger partial charge >= 0.3 is 5.97 Å². The van der Waals surface area contributed by atoms with Crippen molar-refractivity contribution < 1.29 is 14.3 Å². The summed E-state index contributed by atoms with van der Waals surface area (Å²) in [6, 6.07) is 13.7. The van der Waals surface area contributed by atoms with Crippen LogP contribution in [0.25, 0.3) is 0 Å². The van der Waals surface area contributed by atoms with E-state index in [1.54, 1.807) is 4.90 Å². The number of halogens is 1. The van der Waals surface area contributed by atoms with Crippen LogP contribution < -0.4 is 4.90 Å². The van der Waals surface area contributed by atoms with Gasteiger partial charge in [-0.15, -0.1) is 0 Å². The zero-order chi connectivity index (χ0) is 19.6. The number of esters is 1. The van der Waals surface area contributed by atoms with E-state index in [1.165, 1.54) is 5.56 Å². The zero-order valence-electron chi connectivity index (χ0n) is 15.9. The second kappa shape index (κ2) is 7.85. The first-order chi connectivity index (χ1) is 12.8. The fourth-order valence-electron chi connectivity index (χ4n) is 3.28. The van der Waals surface area contributed by atoms with Gasteiger partial charge in [-0.25, -0.2) is 0 Å². The minimum absolute atomic E-state index is 0.00372. The van der Waals surface area contributed by atoms with Crippen molar-refractivity contribution in [3.05, 3.63) is 64.7 Å². The minimum atomic E-state index is -0.324. The van der Waals surface area contributed by atoms with Crippen LogP contribution in [0.4, 0.5) is 5.69 Å². The van der Waals surface area contributed by atoms with E-state index in [1.807, 2.05) is 36.4 Å². The van der Waals surface area contributed by atoms with Crippen LogP contribution in [0.1, 0.15) is 47.8 Å². The van der Waals surface area contributed by atoms with Gasteiger partial charge in [0, 0.05) is 17.7 Å². The summed E-state index contributed by atoms with van der Waals surface area (Å²) in [5.41, 5.74) is 4.78. The van der Waals surface area contributed by atoms with Gasteiger partial charge in [0.15, 0.2) is 0 Å². The zero-order valence-corrected chi connectivity index (χ0v) is 17.5. The molecule has 0 N–H and O–H groups in total. The van der Waals surface area contributed by atoms with Gasteiger partial charge < -0.3 is 9.64 Å². The molecule has 27 heavy (non-hydrogen) atoms. The summed E-state index contributed by atoms with van der Waals surface area (Å²) in [6.07, 6.45) is 0.806. The molecule has 0 aromatic heterocycles. The van der Waals surface area contributed by atoms with E-state index in [9.17, 15) is 9.59 Å². The first-order valence-corrected chi connectivity index (χ1v) is 10.2. The third kappa shape index (κ3) is 4.24. The Kier molecular flexibility index (Phi) is 5.70. The van der Waals surface area contributed by atoms with Gasteiger partial charge in [0.25, 0.3) is 5.91 Å². The molecule has 0 fully saturated rings. The largest absolute Gasteiger partial charge is 0.460 e. The number of anilines is 1. The standard InChI is InChI=1S/C22H24BrNO3/c1-22(2,3)17-8-9-18-15(12-17)10-11-24(21(18)26)19-7-5-4-6-16(19)14-27-20(25)13-23/h4-9,12H,10-11,13-14H2,1-3H3. The van der Waals surface area contributed by atoms with E-state index in [-0.39, 0.29) is 29.2 Å². The lowest BCUT2D eigenvalue weighted by molar-refractivity contribution is -0.141. The van der Waals surface area contributed by atoms with Crippen LogP contribution in [0.15, 0.2) is 42.5 Å². The molecule has 2 aromatic rings. The Morgan fingerprint density at radius 1 is 1.19 bits per heavy atom. The molecular weight excluding hydrogens is 406 g/mol. The van der Waals surface area contributed by atoms with Gasteiger partial charge in [0.1, 0.15) is 11.9 Å². The summed E-state index contributed by atoms with van der Waals surface area (Å²) in [5.74, 6) is -0.328. The Labute approximate surface area is 168 Å². The van der Waals surface area contributed by atoms with Gasteiger partial charge in [-0.1, -0.05) is 67.0 Å². The van der Waals surface area contributed by atoms with Crippen molar-refractivity contribution in [1.29, 1.82) is 0 Å². The molecule has 1 aliphatic rings. The molecule has 2 aromatic carbocycles. The average Bonchev–Trinajstić information content (AvgIpc) is 2.66. The number of nitrogens with zero attached hydrogens (tertiary/aromatic N) is 1. The maximum Gasteiger partial charge on any atom is 0.316 e. The first-order valence-electron chi connectivity index (χ1n) is 9.06. The van der Waals surface area contributed by atoms with Gasteiger partial charge in [-0.05, 0) is 35.1 Å². The predicted molar refractivity (Wildman–Crippen MR) is 111 cm³/mol. The van der Waals surface area contributed by atoms with Crippen molar-refractivity contribution in [1.82, 2.24) is 0 Å². The SMILES string of the molecule is CC(C)(C)c1ccc2c(c1)CCN(c1ccccc1COC(=O)CBr)C2=O. The molecule has 0 saturated heterocycles. The highest BCUT2D eigenvalue weighted by Crippen LogP contribution is 2.31. The van der Waals surface area contributed by atoms with Crippen molar-refractivity contribution in [2.45, 2.75) is 39.2 Å². The molecule has 0 saturated carbocycles. The van der Waals surface area contributed by atoms with Crippen LogP contribution in [0, 0.1) is 0 Å². The number of benzene rings is 2. The lowest BCUT2D eigenvalue weighted by Crippen LogP contribution is -2.38. The maximum atomic E-state index is 13.1. The summed E-state index contributed by atoms with van der Waals surface area (Å²) in [4.78, 5) is 26.4. The highest BCUT2D eigenvalue weighted by Gasteiger charge is 2.28. The fraction of sp³-hybridized carbons (Fsp3) is 0.364. The number of hydrogen-bond donors (Lipinski definition) is 0. The van der Waals surface area contributed by atoms with E-state index < -0.39 is 0 Å². The van der Waals surface area contributed by atoms with Crippen LogP contribution >= 0.6 is 15.9 Å². The van der Waals surface area contributed by atoms with Crippen LogP contribution in [0.5, 0.6) is 0 Å². The molecule has 0 atom stereocenters. The van der Waals surface area contributed by atoms with Crippen molar-refractivity contribution in [3.63, 3.8) is 0 Å². The van der Waals surface area contributed by atoms with Crippen molar-refractivity contribution in [2.75, 3.05) is 16.8 Å². The number of carbonyl (C=O) groups excluding carboxylic acids is 2. The van der Waals surface area contributed by atoms with Gasteiger partial charge in [0.05, 0.1) is 5.69 Å². The number of ether oxygens (including phenoxy) is 1. The van der Waals surface area contributed by atoms with Gasteiger partial charge in [0.2, 0.25) is 0 Å². The summed E-state index contributed by atoms with van der Waals surface area (Å²) >= 11 is 3.09. The van der Waals surface area contributed by atoms with Crippen LogP contribution in [-0.4, -0.2) is 23.8 Å². The Morgan fingerprint density at radius 3 is 2.63 bits per heavy atom. The first kappa shape index (κ1) is 19.6. The number of carbonyl (C=O) groups is 2. The van der Waals surface area contributed by atoms with Gasteiger partial charge in [-0.2, -0.15) is 0 Å². The Balaban J connectivity index is 1.89. The topological polar surface area (TPSA) is 46.6 Å². The molecule has 142 valence electrons. The number of para-hydroxylation sites is 1. The highest BCUT2D eigenvalue weighted by molar-refractivity contribution is 9.09. The molecular formula is C22H24BrNO3. The Morgan fingerprint density at radius 2 is 1.93 bits per heavy atom. The summed E-state index contributed by atoms with van der Waals surface area (Å²) in [7, 11) is 0. The number of fused-ring (bicyclic) bond motifs is 1. The van der Waals surface area contributed by atoms with Crippen LogP contribution in [0.3, 0.4) is 0 Å². The second-order valence-corrected chi connectivity index (χ2v) is 8.31. The van der Waals surface area contributed by atoms with Crippen molar-refractivity contribution in [2.24, 2.45) is 0 Å². The normalized spacial score (nSPS) is 14.1. The fourth-order valence-corrected chi connectivity index (χ4v) is 3.44. The summed E-state index contributed by atoms with van der Waals surface area (Å²) < 4.78 is 5.24. The van der Waals surface area contributed by atoms with Gasteiger partial charge in [-0.3, -0.25) is 9.59 Å². The molecule has 1 amide bonds. The van der Waals surface area contributed by atoms with E-state index in [0.717, 1.165) is 28.8 Å². The molecule has 0 radical (unpaired) electrons. The van der Waals surface area contributed by atoms with E-state index in [4.69, 9.17) is 4.74 Å². The molecule has 1 heterocycles. The predicted octanol–water partition coefficient (Wildman–Crippen LogP) is 4.63. The molecule has 0 spiro atoms. The number of alkyl halides is 1. The van der Waals surface area contributed by atoms with Crippen molar-refractivity contribution in [3.8, 4) is 0 Å². The molecule has 1 aliphatic heterocycles. The lowest BCUT2D eigenvalue weighted by Gasteiger charge is -2.31. The van der Waals surface area contributed by atoms with Crippen LogP contribution in [-0.2, 0) is 28.0 Å². The third-order valence-electron chi connectivity index (χ3n) is 4.83. The van der Waals surface area contributed by atoms with Crippen molar-refractivity contribution >= 4 is 33.5 Å². The van der Waals surface area contributed by atoms with Crippen LogP contribution in [0.2, 0.25) is 0 Å². The molecule has 3 rings (SSSR count). The molecule has 0 bridgehead atoms.